The van der Waals surface area contributed by atoms with E-state index >= 15 is 0 Å². The summed E-state index contributed by atoms with van der Waals surface area (Å²) in [6, 6.07) is 9.54. The van der Waals surface area contributed by atoms with E-state index in [9.17, 15) is 14.9 Å². The summed E-state index contributed by atoms with van der Waals surface area (Å²) >= 11 is 1.21. The molecule has 4 aromatic rings. The number of hydrogen-bond donors (Lipinski definition) is 2. The Labute approximate surface area is 247 Å². The first kappa shape index (κ1) is 28.9. The Morgan fingerprint density at radius 1 is 1.19 bits per heavy atom. The highest BCUT2D eigenvalue weighted by Crippen LogP contribution is 2.34. The molecule has 2 N–H and O–H groups in total. The van der Waals surface area contributed by atoms with Crippen LogP contribution in [0.5, 0.6) is 0 Å². The van der Waals surface area contributed by atoms with Crippen molar-refractivity contribution in [2.75, 3.05) is 18.4 Å². The summed E-state index contributed by atoms with van der Waals surface area (Å²) in [5.41, 5.74) is 3.68. The number of rotatable bonds is 6. The maximum Gasteiger partial charge on any atom is 0.407 e. The zero-order valence-electron chi connectivity index (χ0n) is 24.2. The van der Waals surface area contributed by atoms with Gasteiger partial charge in [-0.15, -0.1) is 10.2 Å². The number of ether oxygens (including phenoxy) is 1. The van der Waals surface area contributed by atoms with Gasteiger partial charge in [-0.25, -0.2) is 9.31 Å². The Morgan fingerprint density at radius 3 is 2.74 bits per heavy atom. The average Bonchev–Trinajstić information content (AvgIpc) is 3.59. The second-order valence-corrected chi connectivity index (χ2v) is 12.5. The molecule has 0 aliphatic carbocycles. The van der Waals surface area contributed by atoms with E-state index in [-0.39, 0.29) is 23.0 Å². The number of nitrogens with one attached hydrogen (secondary N) is 2. The molecule has 12 nitrogen and oxygen atoms in total. The molecule has 5 rings (SSSR count). The largest absolute Gasteiger partial charge is 0.444 e. The van der Waals surface area contributed by atoms with Gasteiger partial charge in [-0.05, 0) is 71.7 Å². The molecule has 1 aliphatic heterocycles. The van der Waals surface area contributed by atoms with Gasteiger partial charge in [-0.2, -0.15) is 10.4 Å². The lowest BCUT2D eigenvalue weighted by Crippen LogP contribution is -2.50. The van der Waals surface area contributed by atoms with E-state index < -0.39 is 11.7 Å². The van der Waals surface area contributed by atoms with Crippen molar-refractivity contribution < 1.29 is 14.3 Å². The number of pyridine rings is 1. The van der Waals surface area contributed by atoms with Crippen LogP contribution in [0.1, 0.15) is 62.8 Å². The van der Waals surface area contributed by atoms with Gasteiger partial charge < -0.3 is 20.3 Å². The SMILES string of the molecule is CC(C)Nc1cc(-c2ccc3cc(C#N)cnn23)ncc1-c1nnc(C(=O)N2CCCC(NC(=O)OC(C)(C)C)C2)s1. The summed E-state index contributed by atoms with van der Waals surface area (Å²) in [7, 11) is 0. The van der Waals surface area contributed by atoms with Crippen molar-refractivity contribution in [3.05, 3.63) is 47.2 Å². The van der Waals surface area contributed by atoms with Crippen molar-refractivity contribution in [2.24, 2.45) is 0 Å². The highest BCUT2D eigenvalue weighted by Gasteiger charge is 2.29. The first-order valence-corrected chi connectivity index (χ1v) is 14.6. The smallest absolute Gasteiger partial charge is 0.407 e. The third kappa shape index (κ3) is 6.49. The van der Waals surface area contributed by atoms with Gasteiger partial charge in [0.25, 0.3) is 5.91 Å². The van der Waals surface area contributed by atoms with Gasteiger partial charge in [0.2, 0.25) is 5.01 Å². The number of carbonyl (C=O) groups excluding carboxylic acids is 2. The fraction of sp³-hybridized carbons (Fsp3) is 0.414. The van der Waals surface area contributed by atoms with E-state index in [2.05, 4.69) is 32.0 Å². The minimum absolute atomic E-state index is 0.121. The van der Waals surface area contributed by atoms with Crippen LogP contribution in [0.15, 0.2) is 36.7 Å². The fourth-order valence-corrected chi connectivity index (χ4v) is 5.59. The molecule has 0 aromatic carbocycles. The Bertz CT molecular complexity index is 1660. The molecule has 1 saturated heterocycles. The van der Waals surface area contributed by atoms with Crippen LogP contribution in [0.3, 0.4) is 0 Å². The fourth-order valence-electron chi connectivity index (χ4n) is 4.76. The Kier molecular flexibility index (Phi) is 8.08. The Balaban J connectivity index is 1.36. The minimum atomic E-state index is -0.595. The van der Waals surface area contributed by atoms with Crippen LogP contribution in [0.4, 0.5) is 10.5 Å². The summed E-state index contributed by atoms with van der Waals surface area (Å²) < 4.78 is 7.12. The van der Waals surface area contributed by atoms with Gasteiger partial charge in [0.1, 0.15) is 11.7 Å². The van der Waals surface area contributed by atoms with E-state index in [1.165, 1.54) is 17.5 Å². The number of amides is 2. The number of nitrogens with zero attached hydrogens (tertiary/aromatic N) is 7. The molecule has 218 valence electrons. The first-order chi connectivity index (χ1) is 20.0. The van der Waals surface area contributed by atoms with E-state index in [4.69, 9.17) is 9.72 Å². The van der Waals surface area contributed by atoms with Crippen molar-refractivity contribution in [2.45, 2.75) is 65.1 Å². The summed E-state index contributed by atoms with van der Waals surface area (Å²) in [6.45, 7) is 10.5. The minimum Gasteiger partial charge on any atom is -0.444 e. The van der Waals surface area contributed by atoms with Gasteiger partial charge >= 0.3 is 6.09 Å². The monoisotopic (exact) mass is 587 g/mol. The molecule has 0 saturated carbocycles. The quantitative estimate of drug-likeness (QED) is 0.326. The van der Waals surface area contributed by atoms with Crippen LogP contribution < -0.4 is 10.6 Å². The highest BCUT2D eigenvalue weighted by molar-refractivity contribution is 7.16. The summed E-state index contributed by atoms with van der Waals surface area (Å²) in [5.74, 6) is -0.222. The van der Waals surface area contributed by atoms with Crippen molar-refractivity contribution in [3.8, 4) is 28.0 Å². The van der Waals surface area contributed by atoms with E-state index in [1.54, 1.807) is 21.7 Å². The maximum atomic E-state index is 13.4. The number of anilines is 1. The van der Waals surface area contributed by atoms with Crippen LogP contribution in [0.25, 0.3) is 27.5 Å². The van der Waals surface area contributed by atoms with Crippen molar-refractivity contribution >= 4 is 34.5 Å². The molecule has 13 heteroatoms. The number of hydrogen-bond acceptors (Lipinski definition) is 10. The van der Waals surface area contributed by atoms with Crippen LogP contribution in [0.2, 0.25) is 0 Å². The van der Waals surface area contributed by atoms with Crippen LogP contribution >= 0.6 is 11.3 Å². The number of alkyl carbamates (subject to hydrolysis) is 1. The zero-order chi connectivity index (χ0) is 30.0. The van der Waals surface area contributed by atoms with E-state index in [0.717, 1.165) is 35.3 Å². The molecule has 1 unspecified atom stereocenters. The van der Waals surface area contributed by atoms with Crippen LogP contribution in [-0.4, -0.2) is 72.5 Å². The predicted molar refractivity (Wildman–Crippen MR) is 159 cm³/mol. The topological polar surface area (TPSA) is 150 Å². The number of fused-ring (bicyclic) bond motifs is 1. The number of likely N-dealkylation sites (tertiary alicyclic amines) is 1. The average molecular weight is 588 g/mol. The molecule has 0 spiro atoms. The molecular weight excluding hydrogens is 554 g/mol. The first-order valence-electron chi connectivity index (χ1n) is 13.8. The van der Waals surface area contributed by atoms with Gasteiger partial charge in [-0.3, -0.25) is 9.78 Å². The van der Waals surface area contributed by atoms with Crippen molar-refractivity contribution in [3.63, 3.8) is 0 Å². The zero-order valence-corrected chi connectivity index (χ0v) is 25.0. The van der Waals surface area contributed by atoms with Crippen molar-refractivity contribution in [1.82, 2.24) is 35.0 Å². The summed E-state index contributed by atoms with van der Waals surface area (Å²) in [4.78, 5) is 32.0. The molecule has 2 amide bonds. The predicted octanol–water partition coefficient (Wildman–Crippen LogP) is 4.74. The molecule has 5 heterocycles. The highest BCUT2D eigenvalue weighted by atomic mass is 32.1. The summed E-state index contributed by atoms with van der Waals surface area (Å²) in [6.07, 6.45) is 4.28. The van der Waals surface area contributed by atoms with Gasteiger partial charge in [0, 0.05) is 37.1 Å². The standard InChI is InChI=1S/C29H33N9O3S/c1-17(2)33-22-12-23(24-9-8-20-11-18(13-30)14-32-38(20)24)31-15-21(22)25-35-36-26(42-25)27(39)37-10-6-7-19(16-37)34-28(40)41-29(3,4)5/h8-9,11-12,14-15,17,19H,6-7,10,16H2,1-5H3,(H,31,33)(H,34,40). The lowest BCUT2D eigenvalue weighted by Gasteiger charge is -2.33. The van der Waals surface area contributed by atoms with E-state index in [1.807, 2.05) is 52.8 Å². The van der Waals surface area contributed by atoms with Gasteiger partial charge in [0.15, 0.2) is 5.01 Å². The van der Waals surface area contributed by atoms with Crippen LogP contribution in [0, 0.1) is 11.3 Å². The third-order valence-corrected chi connectivity index (χ3v) is 7.45. The van der Waals surface area contributed by atoms with Gasteiger partial charge in [-0.1, -0.05) is 11.3 Å². The summed E-state index contributed by atoms with van der Waals surface area (Å²) in [5, 5.41) is 29.3. The lowest BCUT2D eigenvalue weighted by atomic mass is 10.1. The molecule has 1 aliphatic rings. The Hall–Kier alpha value is -4.57. The number of nitriles is 1. The number of aromatic nitrogens is 5. The van der Waals surface area contributed by atoms with Gasteiger partial charge in [0.05, 0.1) is 34.2 Å². The lowest BCUT2D eigenvalue weighted by molar-refractivity contribution is 0.0452. The second-order valence-electron chi connectivity index (χ2n) is 11.5. The van der Waals surface area contributed by atoms with Crippen molar-refractivity contribution in [1.29, 1.82) is 5.26 Å². The molecule has 42 heavy (non-hydrogen) atoms. The van der Waals surface area contributed by atoms with E-state index in [0.29, 0.717) is 29.4 Å². The van der Waals surface area contributed by atoms with Crippen LogP contribution in [-0.2, 0) is 4.74 Å². The second kappa shape index (κ2) is 11.7. The third-order valence-electron chi connectivity index (χ3n) is 6.51. The molecule has 0 bridgehead atoms. The molecule has 1 fully saturated rings. The number of piperidine rings is 1. The molecule has 0 radical (unpaired) electrons. The molecule has 1 atom stereocenters. The maximum absolute atomic E-state index is 13.4. The normalized spacial score (nSPS) is 15.5. The molecular formula is C29H33N9O3S. The Morgan fingerprint density at radius 2 is 2.00 bits per heavy atom. The molecule has 4 aromatic heterocycles. The number of carbonyl (C=O) groups is 2.